The highest BCUT2D eigenvalue weighted by Crippen LogP contribution is 2.45. The van der Waals surface area contributed by atoms with Crippen molar-refractivity contribution in [3.63, 3.8) is 0 Å². The van der Waals surface area contributed by atoms with Gasteiger partial charge in [0.1, 0.15) is 0 Å². The van der Waals surface area contributed by atoms with Gasteiger partial charge in [-0.15, -0.1) is 0 Å². The molecule has 5 rings (SSSR count). The summed E-state index contributed by atoms with van der Waals surface area (Å²) in [6, 6.07) is 3.25. The standard InChI is InChI=1S/C29H32Cl2F3N3O5/c1-27(26(40)41)11-6-17(7-12-27)37-24(29(32,33)34)19(15-35-37)25(39)36(18-8-13-42-28(14-18)9-3-10-28)16-22(38)23-20(30)4-2-5-21(23)31/h2,4-5,15,17-18H,3,6-14,16H2,1H3,(H,40,41)/t17-,18-,27-/m1/s1. The number of carboxylic acids is 1. The molecular weight excluding hydrogens is 598 g/mol. The molecular formula is C29H32Cl2F3N3O5. The van der Waals surface area contributed by atoms with Crippen LogP contribution in [0, 0.1) is 5.41 Å². The fourth-order valence-electron chi connectivity index (χ4n) is 6.48. The van der Waals surface area contributed by atoms with Gasteiger partial charge in [-0.05, 0) is 76.8 Å². The fraction of sp³-hybridized carbons (Fsp3) is 0.586. The quantitative estimate of drug-likeness (QED) is 0.336. The van der Waals surface area contributed by atoms with E-state index in [0.717, 1.165) is 30.1 Å². The first-order chi connectivity index (χ1) is 19.7. The Balaban J connectivity index is 1.50. The van der Waals surface area contributed by atoms with Crippen LogP contribution in [0.3, 0.4) is 0 Å². The number of ether oxygens (including phenoxy) is 1. The normalized spacial score (nSPS) is 25.6. The lowest BCUT2D eigenvalue weighted by molar-refractivity contribution is -0.152. The van der Waals surface area contributed by atoms with E-state index in [1.807, 2.05) is 0 Å². The van der Waals surface area contributed by atoms with Gasteiger partial charge in [0.05, 0.1) is 51.0 Å². The predicted molar refractivity (Wildman–Crippen MR) is 148 cm³/mol. The van der Waals surface area contributed by atoms with Crippen molar-refractivity contribution in [2.45, 2.75) is 88.6 Å². The SMILES string of the molecule is C[C@]1(C(=O)O)CC[C@H](n2ncc(C(=O)N(CC(=O)c3c(Cl)cccc3Cl)[C@@H]3CCOC4(CCC4)C3)c2C(F)(F)F)CC1. The number of aromatic nitrogens is 2. The molecule has 2 heterocycles. The van der Waals surface area contributed by atoms with Crippen molar-refractivity contribution >= 4 is 40.9 Å². The maximum Gasteiger partial charge on any atom is 0.433 e. The van der Waals surface area contributed by atoms with E-state index in [-0.39, 0.29) is 41.3 Å². The molecule has 13 heteroatoms. The van der Waals surface area contributed by atoms with Crippen LogP contribution in [0.25, 0.3) is 0 Å². The molecule has 0 radical (unpaired) electrons. The number of carbonyl (C=O) groups is 3. The van der Waals surface area contributed by atoms with Gasteiger partial charge in [0.2, 0.25) is 0 Å². The number of rotatable bonds is 7. The van der Waals surface area contributed by atoms with Gasteiger partial charge in [0.25, 0.3) is 5.91 Å². The smallest absolute Gasteiger partial charge is 0.433 e. The number of aliphatic carboxylic acids is 1. The predicted octanol–water partition coefficient (Wildman–Crippen LogP) is 6.84. The summed E-state index contributed by atoms with van der Waals surface area (Å²) in [7, 11) is 0. The second-order valence-electron chi connectivity index (χ2n) is 11.9. The first kappa shape index (κ1) is 30.8. The molecule has 1 aliphatic heterocycles. The zero-order valence-electron chi connectivity index (χ0n) is 23.1. The minimum atomic E-state index is -4.93. The number of Topliss-reactive ketones (excluding diaryl/α,β-unsaturated/α-hetero) is 1. The number of hydrogen-bond acceptors (Lipinski definition) is 5. The van der Waals surface area contributed by atoms with E-state index in [2.05, 4.69) is 5.10 Å². The summed E-state index contributed by atoms with van der Waals surface area (Å²) in [6.45, 7) is 1.37. The molecule has 228 valence electrons. The fourth-order valence-corrected chi connectivity index (χ4v) is 7.09. The number of halogens is 5. The lowest BCUT2D eigenvalue weighted by Gasteiger charge is -2.49. The van der Waals surface area contributed by atoms with Gasteiger partial charge in [-0.25, -0.2) is 0 Å². The Kier molecular flexibility index (Phi) is 8.41. The topological polar surface area (TPSA) is 102 Å². The summed E-state index contributed by atoms with van der Waals surface area (Å²) >= 11 is 12.5. The van der Waals surface area contributed by atoms with E-state index in [1.165, 1.54) is 17.0 Å². The third-order valence-corrected chi connectivity index (χ3v) is 9.83. The molecule has 8 nitrogen and oxygen atoms in total. The first-order valence-electron chi connectivity index (χ1n) is 14.0. The van der Waals surface area contributed by atoms with Crippen LogP contribution in [0.4, 0.5) is 13.2 Å². The number of amides is 1. The van der Waals surface area contributed by atoms with Gasteiger partial charge in [0.15, 0.2) is 11.5 Å². The molecule has 42 heavy (non-hydrogen) atoms. The van der Waals surface area contributed by atoms with Crippen molar-refractivity contribution in [1.29, 1.82) is 0 Å². The summed E-state index contributed by atoms with van der Waals surface area (Å²) in [5.74, 6) is -2.54. The van der Waals surface area contributed by atoms with Crippen LogP contribution in [0.2, 0.25) is 10.0 Å². The number of hydrogen-bond donors (Lipinski definition) is 1. The van der Waals surface area contributed by atoms with E-state index in [0.29, 0.717) is 19.4 Å². The second kappa shape index (κ2) is 11.5. The number of carboxylic acid groups (broad SMARTS) is 1. The van der Waals surface area contributed by atoms with Crippen molar-refractivity contribution in [3.05, 3.63) is 51.3 Å². The Morgan fingerprint density at radius 3 is 2.31 bits per heavy atom. The van der Waals surface area contributed by atoms with Crippen LogP contribution in [0.1, 0.15) is 97.2 Å². The lowest BCUT2D eigenvalue weighted by Crippen LogP contribution is -2.54. The molecule has 1 saturated heterocycles. The van der Waals surface area contributed by atoms with E-state index in [4.69, 9.17) is 27.9 Å². The summed E-state index contributed by atoms with van der Waals surface area (Å²) in [5, 5.41) is 13.7. The van der Waals surface area contributed by atoms with Crippen molar-refractivity contribution in [2.24, 2.45) is 5.41 Å². The third kappa shape index (κ3) is 5.79. The molecule has 2 aliphatic carbocycles. The summed E-state index contributed by atoms with van der Waals surface area (Å²) in [4.78, 5) is 40.4. The molecule has 3 aliphatic rings. The van der Waals surface area contributed by atoms with Crippen molar-refractivity contribution < 1.29 is 37.4 Å². The largest absolute Gasteiger partial charge is 0.481 e. The van der Waals surface area contributed by atoms with E-state index in [9.17, 15) is 32.7 Å². The minimum Gasteiger partial charge on any atom is -0.481 e. The molecule has 1 N–H and O–H groups in total. The average Bonchev–Trinajstić information content (AvgIpc) is 3.37. The van der Waals surface area contributed by atoms with Crippen LogP contribution < -0.4 is 0 Å². The zero-order valence-corrected chi connectivity index (χ0v) is 24.6. The highest BCUT2D eigenvalue weighted by molar-refractivity contribution is 6.40. The van der Waals surface area contributed by atoms with Gasteiger partial charge in [0, 0.05) is 12.6 Å². The summed E-state index contributed by atoms with van der Waals surface area (Å²) in [6.07, 6.45) is -0.0895. The van der Waals surface area contributed by atoms with Crippen LogP contribution in [0.15, 0.2) is 24.4 Å². The summed E-state index contributed by atoms with van der Waals surface area (Å²) in [5.41, 5.74) is -3.34. The maximum atomic E-state index is 14.6. The molecule has 2 saturated carbocycles. The maximum absolute atomic E-state index is 14.6. The highest BCUT2D eigenvalue weighted by atomic mass is 35.5. The third-order valence-electron chi connectivity index (χ3n) is 9.20. The molecule has 2 aromatic rings. The number of benzene rings is 1. The first-order valence-corrected chi connectivity index (χ1v) is 14.8. The van der Waals surface area contributed by atoms with E-state index in [1.54, 1.807) is 13.0 Å². The molecule has 3 fully saturated rings. The van der Waals surface area contributed by atoms with Crippen molar-refractivity contribution in [3.8, 4) is 0 Å². The van der Waals surface area contributed by atoms with Crippen molar-refractivity contribution in [2.75, 3.05) is 13.2 Å². The number of alkyl halides is 3. The van der Waals surface area contributed by atoms with Gasteiger partial charge in [-0.1, -0.05) is 29.3 Å². The molecule has 1 aromatic carbocycles. The Morgan fingerprint density at radius 1 is 1.12 bits per heavy atom. The molecule has 0 bridgehead atoms. The van der Waals surface area contributed by atoms with Crippen molar-refractivity contribution in [1.82, 2.24) is 14.7 Å². The highest BCUT2D eigenvalue weighted by Gasteiger charge is 2.48. The molecule has 1 amide bonds. The Morgan fingerprint density at radius 2 is 1.76 bits per heavy atom. The number of ketones is 1. The van der Waals surface area contributed by atoms with Crippen LogP contribution in [-0.2, 0) is 15.7 Å². The average molecular weight is 630 g/mol. The lowest BCUT2D eigenvalue weighted by atomic mass is 9.73. The van der Waals surface area contributed by atoms with Crippen LogP contribution in [0.5, 0.6) is 0 Å². The van der Waals surface area contributed by atoms with Crippen LogP contribution in [-0.4, -0.2) is 62.2 Å². The molecule has 1 atom stereocenters. The minimum absolute atomic E-state index is 0.000486. The molecule has 0 unspecified atom stereocenters. The summed E-state index contributed by atoms with van der Waals surface area (Å²) < 4.78 is 50.7. The van der Waals surface area contributed by atoms with Gasteiger partial charge >= 0.3 is 12.1 Å². The number of carbonyl (C=O) groups excluding carboxylic acids is 2. The van der Waals surface area contributed by atoms with E-state index < -0.39 is 64.7 Å². The second-order valence-corrected chi connectivity index (χ2v) is 12.7. The Bertz CT molecular complexity index is 1360. The monoisotopic (exact) mass is 629 g/mol. The Labute approximate surface area is 251 Å². The molecule has 1 spiro atoms. The van der Waals surface area contributed by atoms with Crippen LogP contribution >= 0.6 is 23.2 Å². The Hall–Kier alpha value is -2.63. The number of nitrogens with zero attached hydrogens (tertiary/aromatic N) is 3. The zero-order chi connectivity index (χ0) is 30.4. The van der Waals surface area contributed by atoms with E-state index >= 15 is 0 Å². The van der Waals surface area contributed by atoms with Gasteiger partial charge in [-0.2, -0.15) is 18.3 Å². The van der Waals surface area contributed by atoms with Gasteiger partial charge in [-0.3, -0.25) is 19.1 Å². The van der Waals surface area contributed by atoms with Gasteiger partial charge < -0.3 is 14.7 Å². The molecule has 1 aromatic heterocycles.